The van der Waals surface area contributed by atoms with Gasteiger partial charge in [-0.25, -0.2) is 13.4 Å². The number of anilines is 1. The molecule has 1 N–H and O–H groups in total. The predicted octanol–water partition coefficient (Wildman–Crippen LogP) is 6.39. The number of nitrogens with one attached hydrogen (secondary N) is 1. The van der Waals surface area contributed by atoms with Gasteiger partial charge in [0.05, 0.1) is 22.1 Å². The summed E-state index contributed by atoms with van der Waals surface area (Å²) >= 11 is 0. The number of halogens is 3. The van der Waals surface area contributed by atoms with E-state index in [1.165, 1.54) is 0 Å². The van der Waals surface area contributed by atoms with Crippen molar-refractivity contribution in [1.82, 2.24) is 9.55 Å². The van der Waals surface area contributed by atoms with Gasteiger partial charge in [0.1, 0.15) is 11.7 Å². The summed E-state index contributed by atoms with van der Waals surface area (Å²) in [4.78, 5) is 4.18. The SMILES string of the molecule is N#Cc1c(-c2ccc(NS(=O)(=O)C3CCC3)cc2)n(C2CCCCC2)c2ncc(C(F)(F)F)cc12. The number of fused-ring (bicyclic) bond motifs is 1. The molecule has 2 heterocycles. The number of hydrogen-bond acceptors (Lipinski definition) is 4. The van der Waals surface area contributed by atoms with Crippen molar-refractivity contribution in [2.75, 3.05) is 4.72 Å². The fourth-order valence-corrected chi connectivity index (χ4v) is 6.64. The van der Waals surface area contributed by atoms with E-state index in [0.717, 1.165) is 50.8 Å². The minimum atomic E-state index is -4.57. The van der Waals surface area contributed by atoms with Crippen LogP contribution in [0.2, 0.25) is 0 Å². The molecule has 0 atom stereocenters. The zero-order valence-corrected chi connectivity index (χ0v) is 19.8. The number of nitriles is 1. The zero-order chi connectivity index (χ0) is 24.8. The molecule has 2 saturated carbocycles. The predicted molar refractivity (Wildman–Crippen MR) is 127 cm³/mol. The van der Waals surface area contributed by atoms with Crippen molar-refractivity contribution in [2.45, 2.75) is 68.8 Å². The van der Waals surface area contributed by atoms with Crippen LogP contribution in [0, 0.1) is 11.3 Å². The van der Waals surface area contributed by atoms with E-state index in [9.17, 15) is 26.9 Å². The van der Waals surface area contributed by atoms with Gasteiger partial charge in [-0.2, -0.15) is 18.4 Å². The highest BCUT2D eigenvalue weighted by Crippen LogP contribution is 2.42. The topological polar surface area (TPSA) is 87.8 Å². The van der Waals surface area contributed by atoms with E-state index < -0.39 is 21.8 Å². The first-order chi connectivity index (χ1) is 16.7. The fraction of sp³-hybridized carbons (Fsp3) is 0.440. The highest BCUT2D eigenvalue weighted by atomic mass is 32.2. The Labute approximate surface area is 201 Å². The number of hydrogen-bond donors (Lipinski definition) is 1. The third-order valence-corrected chi connectivity index (χ3v) is 9.00. The highest BCUT2D eigenvalue weighted by Gasteiger charge is 2.34. The smallest absolute Gasteiger partial charge is 0.321 e. The molecule has 0 radical (unpaired) electrons. The van der Waals surface area contributed by atoms with E-state index in [-0.39, 0.29) is 22.2 Å². The van der Waals surface area contributed by atoms with Crippen molar-refractivity contribution < 1.29 is 21.6 Å². The van der Waals surface area contributed by atoms with E-state index in [2.05, 4.69) is 15.8 Å². The third kappa shape index (κ3) is 4.38. The van der Waals surface area contributed by atoms with E-state index in [0.29, 0.717) is 35.4 Å². The van der Waals surface area contributed by atoms with Crippen LogP contribution < -0.4 is 4.72 Å². The molecular formula is C25H25F3N4O2S. The first kappa shape index (κ1) is 23.7. The summed E-state index contributed by atoms with van der Waals surface area (Å²) < 4.78 is 69.7. The number of pyridine rings is 1. The molecular weight excluding hydrogens is 477 g/mol. The van der Waals surface area contributed by atoms with Crippen molar-refractivity contribution in [3.63, 3.8) is 0 Å². The Morgan fingerprint density at radius 2 is 1.71 bits per heavy atom. The average molecular weight is 503 g/mol. The van der Waals surface area contributed by atoms with Gasteiger partial charge >= 0.3 is 6.18 Å². The van der Waals surface area contributed by atoms with Crippen LogP contribution in [-0.4, -0.2) is 23.2 Å². The molecule has 0 saturated heterocycles. The number of aromatic nitrogens is 2. The summed E-state index contributed by atoms with van der Waals surface area (Å²) in [6.07, 6.45) is 3.23. The van der Waals surface area contributed by atoms with Gasteiger partial charge in [0.2, 0.25) is 10.0 Å². The molecule has 6 nitrogen and oxygen atoms in total. The average Bonchev–Trinajstić information content (AvgIpc) is 3.11. The fourth-order valence-electron chi connectivity index (χ4n) is 5.06. The van der Waals surface area contributed by atoms with Gasteiger partial charge in [-0.3, -0.25) is 4.72 Å². The number of alkyl halides is 3. The second-order valence-electron chi connectivity index (χ2n) is 9.37. The summed E-state index contributed by atoms with van der Waals surface area (Å²) in [7, 11) is -3.46. The molecule has 2 aliphatic carbocycles. The summed E-state index contributed by atoms with van der Waals surface area (Å²) in [5, 5.41) is 9.82. The van der Waals surface area contributed by atoms with Gasteiger partial charge in [0, 0.05) is 23.3 Å². The maximum atomic E-state index is 13.4. The Kier molecular flexibility index (Phi) is 5.99. The standard InChI is InChI=1S/C25H25F3N4O2S/c26-25(27,28)17-13-21-22(14-29)23(32(24(21)30-15-17)19-5-2-1-3-6-19)16-9-11-18(12-10-16)31-35(33,34)20-7-4-8-20/h9-13,15,19-20,31H,1-8H2. The largest absolute Gasteiger partial charge is 0.417 e. The maximum absolute atomic E-state index is 13.4. The number of rotatable bonds is 5. The van der Waals surface area contributed by atoms with Gasteiger partial charge in [-0.05, 0) is 49.4 Å². The van der Waals surface area contributed by atoms with Crippen LogP contribution in [0.25, 0.3) is 22.3 Å². The lowest BCUT2D eigenvalue weighted by Gasteiger charge is -2.26. The third-order valence-electron chi connectivity index (χ3n) is 7.13. The lowest BCUT2D eigenvalue weighted by molar-refractivity contribution is -0.137. The lowest BCUT2D eigenvalue weighted by atomic mass is 9.94. The van der Waals surface area contributed by atoms with Gasteiger partial charge in [-0.15, -0.1) is 0 Å². The lowest BCUT2D eigenvalue weighted by Crippen LogP contribution is -2.33. The minimum absolute atomic E-state index is 0.0179. The molecule has 2 aromatic heterocycles. The van der Waals surface area contributed by atoms with Crippen molar-refractivity contribution in [3.05, 3.63) is 47.7 Å². The molecule has 0 spiro atoms. The Hall–Kier alpha value is -3.06. The van der Waals surface area contributed by atoms with Crippen LogP contribution in [0.15, 0.2) is 36.5 Å². The van der Waals surface area contributed by atoms with Crippen LogP contribution in [0.5, 0.6) is 0 Å². The van der Waals surface area contributed by atoms with E-state index >= 15 is 0 Å². The second-order valence-corrected chi connectivity index (χ2v) is 11.3. The van der Waals surface area contributed by atoms with Crippen LogP contribution in [-0.2, 0) is 16.2 Å². The normalized spacial score (nSPS) is 17.8. The summed E-state index contributed by atoms with van der Waals surface area (Å²) in [6.45, 7) is 0. The van der Waals surface area contributed by atoms with Crippen LogP contribution in [0.3, 0.4) is 0 Å². The van der Waals surface area contributed by atoms with E-state index in [1.807, 2.05) is 4.57 Å². The van der Waals surface area contributed by atoms with Gasteiger partial charge in [0.25, 0.3) is 0 Å². The molecule has 184 valence electrons. The summed E-state index contributed by atoms with van der Waals surface area (Å²) in [5.41, 5.74) is 1.18. The molecule has 0 aliphatic heterocycles. The zero-order valence-electron chi connectivity index (χ0n) is 19.0. The number of sulfonamides is 1. The van der Waals surface area contributed by atoms with Crippen molar-refractivity contribution in [3.8, 4) is 17.3 Å². The molecule has 2 aliphatic rings. The van der Waals surface area contributed by atoms with Gasteiger partial charge in [0.15, 0.2) is 0 Å². The van der Waals surface area contributed by atoms with Crippen LogP contribution >= 0.6 is 0 Å². The first-order valence-electron chi connectivity index (χ1n) is 11.8. The number of nitrogens with zero attached hydrogens (tertiary/aromatic N) is 3. The Morgan fingerprint density at radius 1 is 1.03 bits per heavy atom. The highest BCUT2D eigenvalue weighted by molar-refractivity contribution is 7.93. The molecule has 35 heavy (non-hydrogen) atoms. The molecule has 1 aromatic carbocycles. The molecule has 0 amide bonds. The molecule has 5 rings (SSSR count). The molecule has 0 unspecified atom stereocenters. The summed E-state index contributed by atoms with van der Waals surface area (Å²) in [5.74, 6) is 0. The van der Waals surface area contributed by atoms with E-state index in [4.69, 9.17) is 0 Å². The van der Waals surface area contributed by atoms with Crippen LogP contribution in [0.1, 0.15) is 68.5 Å². The van der Waals surface area contributed by atoms with Crippen molar-refractivity contribution >= 4 is 26.7 Å². The van der Waals surface area contributed by atoms with Gasteiger partial charge < -0.3 is 4.57 Å². The van der Waals surface area contributed by atoms with Crippen LogP contribution in [0.4, 0.5) is 18.9 Å². The quantitative estimate of drug-likeness (QED) is 0.438. The second kappa shape index (κ2) is 8.86. The van der Waals surface area contributed by atoms with Crippen molar-refractivity contribution in [2.24, 2.45) is 0 Å². The number of benzene rings is 1. The monoisotopic (exact) mass is 502 g/mol. The first-order valence-corrected chi connectivity index (χ1v) is 13.4. The van der Waals surface area contributed by atoms with Gasteiger partial charge in [-0.1, -0.05) is 37.8 Å². The molecule has 10 heteroatoms. The Bertz CT molecular complexity index is 1400. The van der Waals surface area contributed by atoms with Crippen molar-refractivity contribution in [1.29, 1.82) is 5.26 Å². The maximum Gasteiger partial charge on any atom is 0.417 e. The minimum Gasteiger partial charge on any atom is -0.321 e. The Balaban J connectivity index is 1.62. The molecule has 2 fully saturated rings. The summed E-state index contributed by atoms with van der Waals surface area (Å²) in [6, 6.07) is 9.81. The van der Waals surface area contributed by atoms with E-state index in [1.54, 1.807) is 24.3 Å². The molecule has 3 aromatic rings. The molecule has 0 bridgehead atoms. The Morgan fingerprint density at radius 3 is 2.29 bits per heavy atom.